The Kier molecular flexibility index (Phi) is 4.00. The predicted molar refractivity (Wildman–Crippen MR) is 69.7 cm³/mol. The molecule has 100 valence electrons. The van der Waals surface area contributed by atoms with Gasteiger partial charge in [0.05, 0.1) is 5.88 Å². The molecule has 0 aliphatic rings. The maximum Gasteiger partial charge on any atom is 0.224 e. The molecule has 0 aliphatic carbocycles. The van der Waals surface area contributed by atoms with Crippen LogP contribution in [-0.4, -0.2) is 4.98 Å². The van der Waals surface area contributed by atoms with E-state index in [2.05, 4.69) is 4.98 Å². The molecule has 0 amide bonds. The van der Waals surface area contributed by atoms with Crippen LogP contribution < -0.4 is 4.74 Å². The van der Waals surface area contributed by atoms with E-state index in [9.17, 15) is 8.78 Å². The second-order valence-corrected chi connectivity index (χ2v) is 4.44. The van der Waals surface area contributed by atoms with E-state index in [0.29, 0.717) is 5.56 Å². The number of aryl methyl sites for hydroxylation is 2. The van der Waals surface area contributed by atoms with Crippen LogP contribution in [0.4, 0.5) is 8.78 Å². The molecule has 1 aromatic carbocycles. The van der Waals surface area contributed by atoms with E-state index >= 15 is 0 Å². The molecule has 0 N–H and O–H groups in total. The lowest BCUT2D eigenvalue weighted by Gasteiger charge is -2.12. The van der Waals surface area contributed by atoms with Crippen LogP contribution >= 0.6 is 11.6 Å². The molecule has 1 heterocycles. The van der Waals surface area contributed by atoms with Crippen LogP contribution in [0.3, 0.4) is 0 Å². The first kappa shape index (κ1) is 13.7. The lowest BCUT2D eigenvalue weighted by atomic mass is 10.1. The predicted octanol–water partition coefficient (Wildman–Crippen LogP) is 4.51. The Hall–Kier alpha value is -1.68. The second-order valence-electron chi connectivity index (χ2n) is 4.17. The normalized spacial score (nSPS) is 10.6. The maximum atomic E-state index is 13.5. The number of hydrogen-bond donors (Lipinski definition) is 0. The van der Waals surface area contributed by atoms with Crippen LogP contribution in [0.5, 0.6) is 11.6 Å². The van der Waals surface area contributed by atoms with Crippen molar-refractivity contribution in [1.82, 2.24) is 4.98 Å². The summed E-state index contributed by atoms with van der Waals surface area (Å²) in [4.78, 5) is 4.18. The molecule has 5 heteroatoms. The highest BCUT2D eigenvalue weighted by Gasteiger charge is 2.13. The van der Waals surface area contributed by atoms with Gasteiger partial charge in [0.1, 0.15) is 5.82 Å². The van der Waals surface area contributed by atoms with Crippen LogP contribution in [0.25, 0.3) is 0 Å². The summed E-state index contributed by atoms with van der Waals surface area (Å²) in [5.74, 6) is -1.04. The number of rotatable bonds is 3. The fraction of sp³-hybridized carbons (Fsp3) is 0.214. The third kappa shape index (κ3) is 3.01. The number of benzene rings is 1. The first-order valence-electron chi connectivity index (χ1n) is 5.67. The molecular formula is C14H12ClF2NO. The van der Waals surface area contributed by atoms with E-state index in [1.165, 1.54) is 0 Å². The summed E-state index contributed by atoms with van der Waals surface area (Å²) in [7, 11) is 0. The van der Waals surface area contributed by atoms with Crippen molar-refractivity contribution >= 4 is 11.6 Å². The minimum atomic E-state index is -0.650. The summed E-state index contributed by atoms with van der Waals surface area (Å²) in [6.45, 7) is 3.65. The second kappa shape index (κ2) is 5.53. The number of hydrogen-bond acceptors (Lipinski definition) is 2. The SMILES string of the molecule is Cc1cc(C)c(CCl)c(Oc2cc(F)ccc2F)n1. The lowest BCUT2D eigenvalue weighted by molar-refractivity contribution is 0.418. The van der Waals surface area contributed by atoms with Crippen molar-refractivity contribution in [1.29, 1.82) is 0 Å². The van der Waals surface area contributed by atoms with Crippen molar-refractivity contribution in [3.63, 3.8) is 0 Å². The number of nitrogens with zero attached hydrogens (tertiary/aromatic N) is 1. The molecule has 0 spiro atoms. The molecular weight excluding hydrogens is 272 g/mol. The van der Waals surface area contributed by atoms with Crippen molar-refractivity contribution in [2.24, 2.45) is 0 Å². The minimum Gasteiger partial charge on any atom is -0.435 e. The molecule has 19 heavy (non-hydrogen) atoms. The Balaban J connectivity index is 2.45. The average molecular weight is 284 g/mol. The van der Waals surface area contributed by atoms with Gasteiger partial charge in [0.15, 0.2) is 11.6 Å². The highest BCUT2D eigenvalue weighted by Crippen LogP contribution is 2.29. The zero-order chi connectivity index (χ0) is 14.0. The van der Waals surface area contributed by atoms with Gasteiger partial charge in [-0.3, -0.25) is 0 Å². The molecule has 0 saturated heterocycles. The molecule has 0 atom stereocenters. The summed E-state index contributed by atoms with van der Waals surface area (Å²) in [5, 5.41) is 0. The summed E-state index contributed by atoms with van der Waals surface area (Å²) >= 11 is 5.84. The zero-order valence-electron chi connectivity index (χ0n) is 10.5. The molecule has 2 rings (SSSR count). The van der Waals surface area contributed by atoms with E-state index in [-0.39, 0.29) is 17.5 Å². The molecule has 0 radical (unpaired) electrons. The molecule has 2 nitrogen and oxygen atoms in total. The fourth-order valence-corrected chi connectivity index (χ4v) is 2.06. The van der Waals surface area contributed by atoms with Crippen molar-refractivity contribution in [3.8, 4) is 11.6 Å². The first-order chi connectivity index (χ1) is 9.01. The van der Waals surface area contributed by atoms with Gasteiger partial charge in [-0.2, -0.15) is 0 Å². The zero-order valence-corrected chi connectivity index (χ0v) is 11.3. The van der Waals surface area contributed by atoms with Crippen molar-refractivity contribution in [2.45, 2.75) is 19.7 Å². The molecule has 0 bridgehead atoms. The first-order valence-corrected chi connectivity index (χ1v) is 6.20. The Morgan fingerprint density at radius 2 is 1.95 bits per heavy atom. The van der Waals surface area contributed by atoms with Crippen LogP contribution in [-0.2, 0) is 5.88 Å². The van der Waals surface area contributed by atoms with E-state index < -0.39 is 11.6 Å². The van der Waals surface area contributed by atoms with Crippen molar-refractivity contribution < 1.29 is 13.5 Å². The highest BCUT2D eigenvalue weighted by atomic mass is 35.5. The van der Waals surface area contributed by atoms with Gasteiger partial charge in [0.2, 0.25) is 5.88 Å². The standard InChI is InChI=1S/C14H12ClF2NO/c1-8-5-9(2)18-14(11(8)7-15)19-13-6-10(16)3-4-12(13)17/h3-6H,7H2,1-2H3. The Morgan fingerprint density at radius 1 is 1.21 bits per heavy atom. The van der Waals surface area contributed by atoms with Crippen LogP contribution in [0.1, 0.15) is 16.8 Å². The van der Waals surface area contributed by atoms with Gasteiger partial charge in [0, 0.05) is 17.3 Å². The van der Waals surface area contributed by atoms with E-state index in [0.717, 1.165) is 29.5 Å². The Labute approximate surface area is 115 Å². The van der Waals surface area contributed by atoms with Crippen LogP contribution in [0.15, 0.2) is 24.3 Å². The van der Waals surface area contributed by atoms with Gasteiger partial charge in [-0.15, -0.1) is 11.6 Å². The van der Waals surface area contributed by atoms with Crippen molar-refractivity contribution in [2.75, 3.05) is 0 Å². The van der Waals surface area contributed by atoms with E-state index in [4.69, 9.17) is 16.3 Å². The number of aromatic nitrogens is 1. The fourth-order valence-electron chi connectivity index (χ4n) is 1.74. The molecule has 0 unspecified atom stereocenters. The largest absolute Gasteiger partial charge is 0.435 e. The van der Waals surface area contributed by atoms with E-state index in [1.54, 1.807) is 6.92 Å². The van der Waals surface area contributed by atoms with Gasteiger partial charge >= 0.3 is 0 Å². The number of alkyl halides is 1. The van der Waals surface area contributed by atoms with Crippen LogP contribution in [0.2, 0.25) is 0 Å². The average Bonchev–Trinajstić information content (AvgIpc) is 2.33. The quantitative estimate of drug-likeness (QED) is 0.773. The Bertz CT molecular complexity index is 617. The highest BCUT2D eigenvalue weighted by molar-refractivity contribution is 6.17. The molecule has 0 aliphatic heterocycles. The number of ether oxygens (including phenoxy) is 1. The summed E-state index contributed by atoms with van der Waals surface area (Å²) < 4.78 is 32.0. The minimum absolute atomic E-state index is 0.186. The number of halogens is 3. The molecule has 1 aromatic heterocycles. The molecule has 0 saturated carbocycles. The van der Waals surface area contributed by atoms with Gasteiger partial charge in [-0.05, 0) is 37.6 Å². The summed E-state index contributed by atoms with van der Waals surface area (Å²) in [6, 6.07) is 4.87. The van der Waals surface area contributed by atoms with Crippen LogP contribution in [0, 0.1) is 25.5 Å². The van der Waals surface area contributed by atoms with E-state index in [1.807, 2.05) is 13.0 Å². The van der Waals surface area contributed by atoms with Gasteiger partial charge in [-0.25, -0.2) is 13.8 Å². The molecule has 0 fully saturated rings. The summed E-state index contributed by atoms with van der Waals surface area (Å²) in [5.41, 5.74) is 2.28. The third-order valence-electron chi connectivity index (χ3n) is 2.67. The smallest absolute Gasteiger partial charge is 0.224 e. The Morgan fingerprint density at radius 3 is 2.63 bits per heavy atom. The lowest BCUT2D eigenvalue weighted by Crippen LogP contribution is -1.99. The van der Waals surface area contributed by atoms with Gasteiger partial charge < -0.3 is 4.74 Å². The maximum absolute atomic E-state index is 13.5. The topological polar surface area (TPSA) is 22.1 Å². The third-order valence-corrected chi connectivity index (χ3v) is 2.94. The monoisotopic (exact) mass is 283 g/mol. The number of pyridine rings is 1. The van der Waals surface area contributed by atoms with Gasteiger partial charge in [-0.1, -0.05) is 0 Å². The van der Waals surface area contributed by atoms with Gasteiger partial charge in [0.25, 0.3) is 0 Å². The molecule has 2 aromatic rings. The van der Waals surface area contributed by atoms with Crippen molar-refractivity contribution in [3.05, 3.63) is 52.7 Å². The summed E-state index contributed by atoms with van der Waals surface area (Å²) in [6.07, 6.45) is 0.